The first kappa shape index (κ1) is 13.4. The molecule has 0 amide bonds. The fourth-order valence-electron chi connectivity index (χ4n) is 1.53. The zero-order valence-electron chi connectivity index (χ0n) is 9.34. The van der Waals surface area contributed by atoms with E-state index in [2.05, 4.69) is 4.72 Å². The number of hydrogen-bond donors (Lipinski definition) is 2. The molecule has 0 spiro atoms. The van der Waals surface area contributed by atoms with Crippen LogP contribution in [0.4, 0.5) is 0 Å². The number of nitrogens with one attached hydrogen (secondary N) is 1. The van der Waals surface area contributed by atoms with E-state index in [9.17, 15) is 13.2 Å². The number of ether oxygens (including phenoxy) is 1. The molecule has 0 saturated carbocycles. The van der Waals surface area contributed by atoms with Crippen LogP contribution in [0.15, 0.2) is 0 Å². The zero-order valence-corrected chi connectivity index (χ0v) is 10.2. The van der Waals surface area contributed by atoms with Gasteiger partial charge in [-0.25, -0.2) is 13.1 Å². The molecule has 6 nitrogen and oxygen atoms in total. The third kappa shape index (κ3) is 3.16. The molecule has 2 N–H and O–H groups in total. The SMILES string of the molecule is CC1OCCC1CNS(=O)(=O)C(C)C(=O)O. The molecule has 0 aromatic heterocycles. The minimum Gasteiger partial charge on any atom is -0.480 e. The third-order valence-corrected chi connectivity index (χ3v) is 4.59. The summed E-state index contributed by atoms with van der Waals surface area (Å²) in [6.45, 7) is 3.90. The van der Waals surface area contributed by atoms with Gasteiger partial charge in [-0.2, -0.15) is 0 Å². The Morgan fingerprint density at radius 3 is 2.69 bits per heavy atom. The number of carboxylic acids is 1. The molecule has 94 valence electrons. The van der Waals surface area contributed by atoms with Gasteiger partial charge in [-0.15, -0.1) is 0 Å². The standard InChI is InChI=1S/C9H17NO5S/c1-6-8(3-4-15-6)5-10-16(13,14)7(2)9(11)12/h6-8,10H,3-5H2,1-2H3,(H,11,12). The fraction of sp³-hybridized carbons (Fsp3) is 0.889. The molecule has 0 radical (unpaired) electrons. The van der Waals surface area contributed by atoms with Gasteiger partial charge in [0.25, 0.3) is 0 Å². The highest BCUT2D eigenvalue weighted by atomic mass is 32.2. The Morgan fingerprint density at radius 1 is 1.62 bits per heavy atom. The van der Waals surface area contributed by atoms with Crippen LogP contribution in [-0.2, 0) is 19.6 Å². The Morgan fingerprint density at radius 2 is 2.25 bits per heavy atom. The van der Waals surface area contributed by atoms with Gasteiger partial charge in [-0.05, 0) is 20.3 Å². The molecular formula is C9H17NO5S. The monoisotopic (exact) mass is 251 g/mol. The summed E-state index contributed by atoms with van der Waals surface area (Å²) in [5, 5.41) is 7.19. The smallest absolute Gasteiger partial charge is 0.323 e. The van der Waals surface area contributed by atoms with Gasteiger partial charge >= 0.3 is 5.97 Å². The Bertz CT molecular complexity index is 353. The van der Waals surface area contributed by atoms with Crippen LogP contribution in [0.3, 0.4) is 0 Å². The maximum absolute atomic E-state index is 11.5. The van der Waals surface area contributed by atoms with E-state index < -0.39 is 21.2 Å². The van der Waals surface area contributed by atoms with Gasteiger partial charge < -0.3 is 9.84 Å². The van der Waals surface area contributed by atoms with E-state index in [0.29, 0.717) is 6.61 Å². The van der Waals surface area contributed by atoms with E-state index in [1.165, 1.54) is 0 Å². The quantitative estimate of drug-likeness (QED) is 0.706. The molecule has 7 heteroatoms. The Labute approximate surface area is 95.0 Å². The highest BCUT2D eigenvalue weighted by molar-refractivity contribution is 7.90. The summed E-state index contributed by atoms with van der Waals surface area (Å²) in [6, 6.07) is 0. The molecule has 0 aromatic carbocycles. The summed E-state index contributed by atoms with van der Waals surface area (Å²) in [7, 11) is -3.78. The third-order valence-electron chi connectivity index (χ3n) is 2.89. The van der Waals surface area contributed by atoms with Crippen molar-refractivity contribution in [1.82, 2.24) is 4.72 Å². The number of sulfonamides is 1. The molecule has 0 aromatic rings. The normalized spacial score (nSPS) is 27.9. The lowest BCUT2D eigenvalue weighted by Crippen LogP contribution is -2.40. The van der Waals surface area contributed by atoms with E-state index in [-0.39, 0.29) is 18.6 Å². The first-order chi connectivity index (χ1) is 7.34. The summed E-state index contributed by atoms with van der Waals surface area (Å²) in [4.78, 5) is 10.6. The zero-order chi connectivity index (χ0) is 12.3. The van der Waals surface area contributed by atoms with E-state index >= 15 is 0 Å². The number of hydrogen-bond acceptors (Lipinski definition) is 4. The average Bonchev–Trinajstić information content (AvgIpc) is 2.60. The molecule has 16 heavy (non-hydrogen) atoms. The van der Waals surface area contributed by atoms with Gasteiger partial charge in [0, 0.05) is 19.1 Å². The molecule has 0 aliphatic carbocycles. The van der Waals surface area contributed by atoms with Crippen molar-refractivity contribution in [2.45, 2.75) is 31.6 Å². The van der Waals surface area contributed by atoms with Crippen molar-refractivity contribution in [1.29, 1.82) is 0 Å². The lowest BCUT2D eigenvalue weighted by atomic mass is 10.0. The molecule has 1 fully saturated rings. The van der Waals surface area contributed by atoms with Crippen LogP contribution >= 0.6 is 0 Å². The number of carboxylic acid groups (broad SMARTS) is 1. The Balaban J connectivity index is 2.51. The number of carbonyl (C=O) groups is 1. The van der Waals surface area contributed by atoms with E-state index in [0.717, 1.165) is 13.3 Å². The summed E-state index contributed by atoms with van der Waals surface area (Å²) < 4.78 is 30.6. The second-order valence-electron chi connectivity index (χ2n) is 4.00. The Kier molecular flexibility index (Phi) is 4.28. The highest BCUT2D eigenvalue weighted by Gasteiger charge is 2.30. The van der Waals surface area contributed by atoms with Gasteiger partial charge in [-0.1, -0.05) is 0 Å². The fourth-order valence-corrected chi connectivity index (χ4v) is 2.49. The van der Waals surface area contributed by atoms with Crippen LogP contribution in [0.1, 0.15) is 20.3 Å². The molecule has 1 aliphatic rings. The average molecular weight is 251 g/mol. The first-order valence-corrected chi connectivity index (χ1v) is 6.72. The number of rotatable bonds is 5. The molecule has 1 aliphatic heterocycles. The van der Waals surface area contributed by atoms with Crippen molar-refractivity contribution < 1.29 is 23.1 Å². The van der Waals surface area contributed by atoms with Crippen LogP contribution < -0.4 is 4.72 Å². The lowest BCUT2D eigenvalue weighted by molar-refractivity contribution is -0.136. The Hall–Kier alpha value is -0.660. The van der Waals surface area contributed by atoms with Gasteiger partial charge in [0.05, 0.1) is 6.10 Å². The second-order valence-corrected chi connectivity index (χ2v) is 6.08. The predicted molar refractivity (Wildman–Crippen MR) is 57.5 cm³/mol. The maximum Gasteiger partial charge on any atom is 0.323 e. The van der Waals surface area contributed by atoms with Crippen molar-refractivity contribution in [3.05, 3.63) is 0 Å². The van der Waals surface area contributed by atoms with Crippen molar-refractivity contribution in [3.8, 4) is 0 Å². The van der Waals surface area contributed by atoms with Crippen LogP contribution in [0.5, 0.6) is 0 Å². The summed E-state index contributed by atoms with van der Waals surface area (Å²) in [5.41, 5.74) is 0. The van der Waals surface area contributed by atoms with Crippen molar-refractivity contribution in [2.75, 3.05) is 13.2 Å². The molecular weight excluding hydrogens is 234 g/mol. The molecule has 1 heterocycles. The first-order valence-electron chi connectivity index (χ1n) is 5.17. The van der Waals surface area contributed by atoms with E-state index in [1.807, 2.05) is 6.92 Å². The summed E-state index contributed by atoms with van der Waals surface area (Å²) in [6.07, 6.45) is 0.813. The van der Waals surface area contributed by atoms with Gasteiger partial charge in [0.15, 0.2) is 5.25 Å². The number of aliphatic carboxylic acids is 1. The molecule has 0 bridgehead atoms. The molecule has 3 atom stereocenters. The van der Waals surface area contributed by atoms with Crippen LogP contribution in [0.2, 0.25) is 0 Å². The van der Waals surface area contributed by atoms with Crippen molar-refractivity contribution in [2.24, 2.45) is 5.92 Å². The van der Waals surface area contributed by atoms with E-state index in [4.69, 9.17) is 9.84 Å². The van der Waals surface area contributed by atoms with Crippen LogP contribution in [0, 0.1) is 5.92 Å². The van der Waals surface area contributed by atoms with E-state index in [1.54, 1.807) is 0 Å². The van der Waals surface area contributed by atoms with Gasteiger partial charge in [0.1, 0.15) is 0 Å². The van der Waals surface area contributed by atoms with Gasteiger partial charge in [-0.3, -0.25) is 4.79 Å². The van der Waals surface area contributed by atoms with Crippen LogP contribution in [0.25, 0.3) is 0 Å². The minimum atomic E-state index is -3.78. The summed E-state index contributed by atoms with van der Waals surface area (Å²) in [5.74, 6) is -1.22. The topological polar surface area (TPSA) is 92.7 Å². The summed E-state index contributed by atoms with van der Waals surface area (Å²) >= 11 is 0. The maximum atomic E-state index is 11.5. The van der Waals surface area contributed by atoms with Gasteiger partial charge in [0.2, 0.25) is 10.0 Å². The second kappa shape index (κ2) is 5.11. The highest BCUT2D eigenvalue weighted by Crippen LogP contribution is 2.19. The predicted octanol–water partition coefficient (Wildman–Crippen LogP) is -0.196. The lowest BCUT2D eigenvalue weighted by Gasteiger charge is -2.16. The molecule has 1 rings (SSSR count). The van der Waals surface area contributed by atoms with Crippen molar-refractivity contribution >= 4 is 16.0 Å². The molecule has 3 unspecified atom stereocenters. The molecule has 1 saturated heterocycles. The largest absolute Gasteiger partial charge is 0.480 e. The minimum absolute atomic E-state index is 0.0165. The van der Waals surface area contributed by atoms with Crippen molar-refractivity contribution in [3.63, 3.8) is 0 Å². The van der Waals surface area contributed by atoms with Crippen LogP contribution in [-0.4, -0.2) is 44.0 Å².